The van der Waals surface area contributed by atoms with Crippen molar-refractivity contribution in [1.29, 1.82) is 0 Å². The summed E-state index contributed by atoms with van der Waals surface area (Å²) in [6.45, 7) is 5.04. The predicted molar refractivity (Wildman–Crippen MR) is 87.8 cm³/mol. The molecular weight excluding hydrogens is 270 g/mol. The SMILES string of the molecule is CCNc1cc(-c2cccc(NC)c2CC)c(Cl)cn1. The zero-order chi connectivity index (χ0) is 14.5. The van der Waals surface area contributed by atoms with Crippen LogP contribution in [0, 0.1) is 0 Å². The van der Waals surface area contributed by atoms with E-state index in [1.54, 1.807) is 6.20 Å². The minimum Gasteiger partial charge on any atom is -0.388 e. The first-order valence-corrected chi connectivity index (χ1v) is 7.28. The highest BCUT2D eigenvalue weighted by Gasteiger charge is 2.12. The van der Waals surface area contributed by atoms with Crippen LogP contribution in [0.3, 0.4) is 0 Å². The Labute approximate surface area is 125 Å². The molecular formula is C16H20ClN3. The van der Waals surface area contributed by atoms with Gasteiger partial charge in [0.2, 0.25) is 0 Å². The minimum absolute atomic E-state index is 0.676. The fourth-order valence-electron chi connectivity index (χ4n) is 2.38. The van der Waals surface area contributed by atoms with E-state index in [2.05, 4.69) is 41.6 Å². The van der Waals surface area contributed by atoms with E-state index in [-0.39, 0.29) is 0 Å². The van der Waals surface area contributed by atoms with Crippen LogP contribution in [0.5, 0.6) is 0 Å². The second kappa shape index (κ2) is 6.62. The van der Waals surface area contributed by atoms with Crippen LogP contribution in [0.4, 0.5) is 11.5 Å². The summed E-state index contributed by atoms with van der Waals surface area (Å²) < 4.78 is 0. The van der Waals surface area contributed by atoms with Crippen molar-refractivity contribution < 1.29 is 0 Å². The quantitative estimate of drug-likeness (QED) is 0.854. The maximum Gasteiger partial charge on any atom is 0.126 e. The Balaban J connectivity index is 2.58. The van der Waals surface area contributed by atoms with Crippen molar-refractivity contribution in [2.75, 3.05) is 24.2 Å². The Hall–Kier alpha value is -1.74. The lowest BCUT2D eigenvalue weighted by Crippen LogP contribution is -2.01. The Kier molecular flexibility index (Phi) is 4.85. The van der Waals surface area contributed by atoms with Crippen molar-refractivity contribution in [3.63, 3.8) is 0 Å². The van der Waals surface area contributed by atoms with Crippen molar-refractivity contribution in [3.05, 3.63) is 41.0 Å². The molecule has 0 saturated carbocycles. The molecule has 0 fully saturated rings. The molecule has 0 unspecified atom stereocenters. The minimum atomic E-state index is 0.676. The van der Waals surface area contributed by atoms with Gasteiger partial charge >= 0.3 is 0 Å². The Bertz CT molecular complexity index is 596. The van der Waals surface area contributed by atoms with Crippen molar-refractivity contribution in [2.45, 2.75) is 20.3 Å². The van der Waals surface area contributed by atoms with Crippen LogP contribution in [0.15, 0.2) is 30.5 Å². The summed E-state index contributed by atoms with van der Waals surface area (Å²) in [5.74, 6) is 0.851. The molecule has 2 aromatic rings. The van der Waals surface area contributed by atoms with Gasteiger partial charge in [0.15, 0.2) is 0 Å². The van der Waals surface area contributed by atoms with E-state index in [9.17, 15) is 0 Å². The maximum atomic E-state index is 6.34. The van der Waals surface area contributed by atoms with Crippen molar-refractivity contribution in [3.8, 4) is 11.1 Å². The molecule has 4 heteroatoms. The second-order valence-corrected chi connectivity index (χ2v) is 4.92. The lowest BCUT2D eigenvalue weighted by atomic mass is 9.97. The molecule has 1 aromatic heterocycles. The number of hydrogen-bond acceptors (Lipinski definition) is 3. The summed E-state index contributed by atoms with van der Waals surface area (Å²) in [5.41, 5.74) is 4.59. The van der Waals surface area contributed by atoms with E-state index in [1.165, 1.54) is 5.56 Å². The molecule has 0 aliphatic rings. The van der Waals surface area contributed by atoms with Gasteiger partial charge in [-0.05, 0) is 36.6 Å². The summed E-state index contributed by atoms with van der Waals surface area (Å²) in [4.78, 5) is 4.29. The molecule has 2 N–H and O–H groups in total. The predicted octanol–water partition coefficient (Wildman–Crippen LogP) is 4.44. The number of halogens is 1. The van der Waals surface area contributed by atoms with Gasteiger partial charge in [-0.1, -0.05) is 30.7 Å². The molecule has 0 amide bonds. The third kappa shape index (κ3) is 2.88. The highest BCUT2D eigenvalue weighted by atomic mass is 35.5. The van der Waals surface area contributed by atoms with E-state index in [0.717, 1.165) is 35.6 Å². The first-order valence-electron chi connectivity index (χ1n) is 6.90. The molecule has 1 heterocycles. The molecule has 1 aromatic carbocycles. The highest BCUT2D eigenvalue weighted by molar-refractivity contribution is 6.33. The van der Waals surface area contributed by atoms with Gasteiger partial charge in [-0.25, -0.2) is 4.98 Å². The number of rotatable bonds is 5. The van der Waals surface area contributed by atoms with Gasteiger partial charge in [0.25, 0.3) is 0 Å². The van der Waals surface area contributed by atoms with Gasteiger partial charge in [-0.15, -0.1) is 0 Å². The van der Waals surface area contributed by atoms with Crippen LogP contribution in [0.25, 0.3) is 11.1 Å². The maximum absolute atomic E-state index is 6.34. The molecule has 0 bridgehead atoms. The van der Waals surface area contributed by atoms with Gasteiger partial charge in [0.1, 0.15) is 5.82 Å². The number of nitrogens with one attached hydrogen (secondary N) is 2. The van der Waals surface area contributed by atoms with Gasteiger partial charge in [0, 0.05) is 31.0 Å². The van der Waals surface area contributed by atoms with Gasteiger partial charge in [-0.2, -0.15) is 0 Å². The normalized spacial score (nSPS) is 10.4. The number of benzene rings is 1. The zero-order valence-corrected chi connectivity index (χ0v) is 12.9. The fraction of sp³-hybridized carbons (Fsp3) is 0.312. The summed E-state index contributed by atoms with van der Waals surface area (Å²) in [6.07, 6.45) is 2.65. The van der Waals surface area contributed by atoms with Crippen molar-refractivity contribution >= 4 is 23.1 Å². The lowest BCUT2D eigenvalue weighted by Gasteiger charge is -2.15. The summed E-state index contributed by atoms with van der Waals surface area (Å²) in [6, 6.07) is 8.25. The Morgan fingerprint density at radius 3 is 2.65 bits per heavy atom. The first-order chi connectivity index (χ1) is 9.71. The zero-order valence-electron chi connectivity index (χ0n) is 12.1. The van der Waals surface area contributed by atoms with Crippen LogP contribution < -0.4 is 10.6 Å². The average Bonchev–Trinajstić information content (AvgIpc) is 2.48. The number of nitrogens with zero attached hydrogens (tertiary/aromatic N) is 1. The standard InChI is InChI=1S/C16H20ClN3/c1-4-11-12(7-6-8-15(11)18-3)13-9-16(19-5-2)20-10-14(13)17/h6-10,18H,4-5H2,1-3H3,(H,19,20). The number of anilines is 2. The van der Waals surface area contributed by atoms with E-state index in [0.29, 0.717) is 5.02 Å². The topological polar surface area (TPSA) is 37.0 Å². The lowest BCUT2D eigenvalue weighted by molar-refractivity contribution is 1.13. The second-order valence-electron chi connectivity index (χ2n) is 4.51. The third-order valence-corrected chi connectivity index (χ3v) is 3.60. The summed E-state index contributed by atoms with van der Waals surface area (Å²) >= 11 is 6.34. The number of hydrogen-bond donors (Lipinski definition) is 2. The van der Waals surface area contributed by atoms with Crippen LogP contribution in [0.2, 0.25) is 5.02 Å². The van der Waals surface area contributed by atoms with E-state index in [4.69, 9.17) is 11.6 Å². The molecule has 0 saturated heterocycles. The molecule has 0 spiro atoms. The van der Waals surface area contributed by atoms with Crippen LogP contribution >= 0.6 is 11.6 Å². The average molecular weight is 290 g/mol. The third-order valence-electron chi connectivity index (χ3n) is 3.30. The van der Waals surface area contributed by atoms with Gasteiger partial charge < -0.3 is 10.6 Å². The molecule has 0 aliphatic carbocycles. The van der Waals surface area contributed by atoms with Gasteiger partial charge in [-0.3, -0.25) is 0 Å². The Morgan fingerprint density at radius 2 is 2.00 bits per heavy atom. The monoisotopic (exact) mass is 289 g/mol. The molecule has 106 valence electrons. The smallest absolute Gasteiger partial charge is 0.126 e. The van der Waals surface area contributed by atoms with Crippen LogP contribution in [0.1, 0.15) is 19.4 Å². The first kappa shape index (κ1) is 14.7. The number of aromatic nitrogens is 1. The summed E-state index contributed by atoms with van der Waals surface area (Å²) in [5, 5.41) is 7.14. The number of pyridine rings is 1. The van der Waals surface area contributed by atoms with Crippen molar-refractivity contribution in [2.24, 2.45) is 0 Å². The molecule has 20 heavy (non-hydrogen) atoms. The van der Waals surface area contributed by atoms with Crippen LogP contribution in [-0.4, -0.2) is 18.6 Å². The van der Waals surface area contributed by atoms with Crippen molar-refractivity contribution in [1.82, 2.24) is 4.98 Å². The fourth-order valence-corrected chi connectivity index (χ4v) is 2.58. The van der Waals surface area contributed by atoms with E-state index >= 15 is 0 Å². The van der Waals surface area contributed by atoms with Crippen LogP contribution in [-0.2, 0) is 6.42 Å². The molecule has 3 nitrogen and oxygen atoms in total. The van der Waals surface area contributed by atoms with Gasteiger partial charge in [0.05, 0.1) is 5.02 Å². The summed E-state index contributed by atoms with van der Waals surface area (Å²) in [7, 11) is 1.94. The molecule has 2 rings (SSSR count). The molecule has 0 radical (unpaired) electrons. The molecule has 0 atom stereocenters. The molecule has 0 aliphatic heterocycles. The largest absolute Gasteiger partial charge is 0.388 e. The van der Waals surface area contributed by atoms with E-state index < -0.39 is 0 Å². The Morgan fingerprint density at radius 1 is 1.20 bits per heavy atom. The van der Waals surface area contributed by atoms with E-state index in [1.807, 2.05) is 19.2 Å². The highest BCUT2D eigenvalue weighted by Crippen LogP contribution is 2.35.